The summed E-state index contributed by atoms with van der Waals surface area (Å²) < 4.78 is 0. The SMILES string of the molecule is CCCCS[C@@H](C)C(=O)Nc1ccc(N(CC)C(C)C)cc1. The van der Waals surface area contributed by atoms with Gasteiger partial charge in [-0.15, -0.1) is 11.8 Å². The van der Waals surface area contributed by atoms with Crippen LogP contribution >= 0.6 is 11.8 Å². The second-order valence-corrected chi connectivity index (χ2v) is 7.23. The molecule has 0 unspecified atom stereocenters. The average Bonchev–Trinajstić information content (AvgIpc) is 2.49. The van der Waals surface area contributed by atoms with E-state index >= 15 is 0 Å². The molecule has 124 valence electrons. The van der Waals surface area contributed by atoms with Crippen LogP contribution in [-0.2, 0) is 4.79 Å². The number of nitrogens with one attached hydrogen (secondary N) is 1. The summed E-state index contributed by atoms with van der Waals surface area (Å²) in [5, 5.41) is 3.00. The minimum atomic E-state index is -0.00553. The topological polar surface area (TPSA) is 32.3 Å². The lowest BCUT2D eigenvalue weighted by atomic mass is 10.2. The Bertz CT molecular complexity index is 445. The minimum absolute atomic E-state index is 0.00553. The number of amides is 1. The van der Waals surface area contributed by atoms with Crippen molar-refractivity contribution in [2.45, 2.75) is 58.8 Å². The zero-order chi connectivity index (χ0) is 16.5. The van der Waals surface area contributed by atoms with E-state index in [1.54, 1.807) is 11.8 Å². The van der Waals surface area contributed by atoms with Crippen LogP contribution in [0.25, 0.3) is 0 Å². The van der Waals surface area contributed by atoms with Crippen molar-refractivity contribution in [2.24, 2.45) is 0 Å². The van der Waals surface area contributed by atoms with E-state index in [-0.39, 0.29) is 11.2 Å². The normalized spacial score (nSPS) is 12.3. The summed E-state index contributed by atoms with van der Waals surface area (Å²) in [7, 11) is 0. The Hall–Kier alpha value is -1.16. The van der Waals surface area contributed by atoms with Gasteiger partial charge in [0, 0.05) is 24.0 Å². The van der Waals surface area contributed by atoms with E-state index in [0.717, 1.165) is 18.0 Å². The van der Waals surface area contributed by atoms with Crippen LogP contribution in [0.2, 0.25) is 0 Å². The molecule has 0 aliphatic rings. The fourth-order valence-corrected chi connectivity index (χ4v) is 3.33. The summed E-state index contributed by atoms with van der Waals surface area (Å²) in [5.74, 6) is 1.13. The molecule has 1 aromatic carbocycles. The number of unbranched alkanes of at least 4 members (excludes halogenated alkanes) is 1. The Balaban J connectivity index is 2.58. The second kappa shape index (κ2) is 9.78. The Kier molecular flexibility index (Phi) is 8.39. The van der Waals surface area contributed by atoms with Gasteiger partial charge in [-0.2, -0.15) is 0 Å². The van der Waals surface area contributed by atoms with E-state index in [9.17, 15) is 4.79 Å². The molecule has 0 aromatic heterocycles. The number of rotatable bonds is 9. The zero-order valence-corrected chi connectivity index (χ0v) is 15.4. The molecule has 0 spiro atoms. The molecule has 0 saturated carbocycles. The fourth-order valence-electron chi connectivity index (χ4n) is 2.31. The van der Waals surface area contributed by atoms with Gasteiger partial charge in [0.2, 0.25) is 5.91 Å². The molecule has 4 heteroatoms. The maximum Gasteiger partial charge on any atom is 0.237 e. The monoisotopic (exact) mass is 322 g/mol. The third-order valence-corrected chi connectivity index (χ3v) is 4.90. The summed E-state index contributed by atoms with van der Waals surface area (Å²) in [6.45, 7) is 11.7. The smallest absolute Gasteiger partial charge is 0.237 e. The largest absolute Gasteiger partial charge is 0.369 e. The molecule has 1 atom stereocenters. The van der Waals surface area contributed by atoms with Gasteiger partial charge in [-0.25, -0.2) is 0 Å². The predicted molar refractivity (Wildman–Crippen MR) is 100 cm³/mol. The molecule has 1 rings (SSSR count). The van der Waals surface area contributed by atoms with E-state index in [1.165, 1.54) is 18.5 Å². The number of thioether (sulfide) groups is 1. The lowest BCUT2D eigenvalue weighted by molar-refractivity contribution is -0.115. The highest BCUT2D eigenvalue weighted by atomic mass is 32.2. The van der Waals surface area contributed by atoms with Gasteiger partial charge in [-0.05, 0) is 64.1 Å². The number of benzene rings is 1. The van der Waals surface area contributed by atoms with Crippen LogP contribution in [0.3, 0.4) is 0 Å². The molecule has 0 bridgehead atoms. The van der Waals surface area contributed by atoms with E-state index in [0.29, 0.717) is 6.04 Å². The summed E-state index contributed by atoms with van der Waals surface area (Å²) >= 11 is 1.72. The Labute approximate surface area is 139 Å². The first-order chi connectivity index (χ1) is 10.5. The molecular weight excluding hydrogens is 292 g/mol. The Morgan fingerprint density at radius 1 is 1.18 bits per heavy atom. The van der Waals surface area contributed by atoms with Gasteiger partial charge in [-0.3, -0.25) is 4.79 Å². The fraction of sp³-hybridized carbons (Fsp3) is 0.611. The lowest BCUT2D eigenvalue weighted by Gasteiger charge is -2.27. The predicted octanol–water partition coefficient (Wildman–Crippen LogP) is 4.78. The number of nitrogens with zero attached hydrogens (tertiary/aromatic N) is 1. The maximum absolute atomic E-state index is 12.1. The lowest BCUT2D eigenvalue weighted by Crippen LogP contribution is -2.30. The average molecular weight is 323 g/mol. The van der Waals surface area contributed by atoms with Crippen LogP contribution in [0.1, 0.15) is 47.5 Å². The zero-order valence-electron chi connectivity index (χ0n) is 14.6. The van der Waals surface area contributed by atoms with Crippen molar-refractivity contribution in [1.82, 2.24) is 0 Å². The molecule has 0 aliphatic heterocycles. The van der Waals surface area contributed by atoms with Gasteiger partial charge in [0.25, 0.3) is 0 Å². The summed E-state index contributed by atoms with van der Waals surface area (Å²) in [4.78, 5) is 14.5. The van der Waals surface area contributed by atoms with E-state index in [1.807, 2.05) is 19.1 Å². The van der Waals surface area contributed by atoms with Crippen LogP contribution < -0.4 is 10.2 Å². The van der Waals surface area contributed by atoms with Gasteiger partial charge in [0.1, 0.15) is 0 Å². The highest BCUT2D eigenvalue weighted by Crippen LogP contribution is 2.21. The van der Waals surface area contributed by atoms with Crippen LogP contribution in [0.4, 0.5) is 11.4 Å². The van der Waals surface area contributed by atoms with Crippen LogP contribution in [0.5, 0.6) is 0 Å². The molecule has 1 amide bonds. The molecule has 1 N–H and O–H groups in total. The van der Waals surface area contributed by atoms with E-state index in [4.69, 9.17) is 0 Å². The first-order valence-corrected chi connectivity index (χ1v) is 9.33. The standard InChI is InChI=1S/C18H30N2OS/c1-6-8-13-22-15(5)18(21)19-16-9-11-17(12-10-16)20(7-2)14(3)4/h9-12,14-15H,6-8,13H2,1-5H3,(H,19,21)/t15-/m0/s1. The minimum Gasteiger partial charge on any atom is -0.369 e. The van der Waals surface area contributed by atoms with Crippen LogP contribution in [-0.4, -0.2) is 29.5 Å². The summed E-state index contributed by atoms with van der Waals surface area (Å²) in [6, 6.07) is 8.60. The third kappa shape index (κ3) is 5.91. The maximum atomic E-state index is 12.1. The number of carbonyl (C=O) groups is 1. The van der Waals surface area contributed by atoms with Crippen molar-refractivity contribution in [3.63, 3.8) is 0 Å². The molecule has 0 saturated heterocycles. The van der Waals surface area contributed by atoms with Crippen molar-refractivity contribution in [1.29, 1.82) is 0 Å². The van der Waals surface area contributed by atoms with Gasteiger partial charge < -0.3 is 10.2 Å². The van der Waals surface area contributed by atoms with Gasteiger partial charge in [-0.1, -0.05) is 13.3 Å². The van der Waals surface area contributed by atoms with E-state index < -0.39 is 0 Å². The first-order valence-electron chi connectivity index (χ1n) is 8.28. The van der Waals surface area contributed by atoms with Crippen molar-refractivity contribution in [2.75, 3.05) is 22.5 Å². The molecule has 22 heavy (non-hydrogen) atoms. The van der Waals surface area contributed by atoms with Crippen molar-refractivity contribution in [3.05, 3.63) is 24.3 Å². The van der Waals surface area contributed by atoms with Crippen molar-refractivity contribution >= 4 is 29.0 Å². The molecular formula is C18H30N2OS. The summed E-state index contributed by atoms with van der Waals surface area (Å²) in [5.41, 5.74) is 2.07. The van der Waals surface area contributed by atoms with Crippen LogP contribution in [0.15, 0.2) is 24.3 Å². The van der Waals surface area contributed by atoms with Gasteiger partial charge in [0.05, 0.1) is 5.25 Å². The molecule has 1 aromatic rings. The summed E-state index contributed by atoms with van der Waals surface area (Å²) in [6.07, 6.45) is 2.34. The third-order valence-electron chi connectivity index (χ3n) is 3.67. The second-order valence-electron chi connectivity index (χ2n) is 5.78. The van der Waals surface area contributed by atoms with Crippen molar-refractivity contribution in [3.8, 4) is 0 Å². The van der Waals surface area contributed by atoms with Gasteiger partial charge >= 0.3 is 0 Å². The molecule has 3 nitrogen and oxygen atoms in total. The molecule has 0 heterocycles. The highest BCUT2D eigenvalue weighted by Gasteiger charge is 2.13. The quantitative estimate of drug-likeness (QED) is 0.664. The number of carbonyl (C=O) groups excluding carboxylic acids is 1. The molecule has 0 fully saturated rings. The number of anilines is 2. The number of hydrogen-bond donors (Lipinski definition) is 1. The van der Waals surface area contributed by atoms with Crippen LogP contribution in [0, 0.1) is 0 Å². The van der Waals surface area contributed by atoms with Gasteiger partial charge in [0.15, 0.2) is 0 Å². The first kappa shape index (κ1) is 18.9. The molecule has 0 aliphatic carbocycles. The van der Waals surface area contributed by atoms with E-state index in [2.05, 4.69) is 50.0 Å². The van der Waals surface area contributed by atoms with Crippen molar-refractivity contribution < 1.29 is 4.79 Å². The number of hydrogen-bond acceptors (Lipinski definition) is 3. The molecule has 0 radical (unpaired) electrons. The Morgan fingerprint density at radius 3 is 2.32 bits per heavy atom. The Morgan fingerprint density at radius 2 is 1.82 bits per heavy atom. The highest BCUT2D eigenvalue weighted by molar-refractivity contribution is 8.00.